The Bertz CT molecular complexity index is 1250. The number of fused-ring (bicyclic) bond motifs is 5. The van der Waals surface area contributed by atoms with Crippen LogP contribution in [0.3, 0.4) is 0 Å². The summed E-state index contributed by atoms with van der Waals surface area (Å²) >= 11 is 16.1. The molecule has 154 valence electrons. The lowest BCUT2D eigenvalue weighted by atomic mass is 9.99. The summed E-state index contributed by atoms with van der Waals surface area (Å²) in [5, 5.41) is 3.59. The summed E-state index contributed by atoms with van der Waals surface area (Å²) in [5.74, 6) is 1.27. The van der Waals surface area contributed by atoms with Gasteiger partial charge in [-0.15, -0.1) is 11.3 Å². The molecule has 0 saturated carbocycles. The van der Waals surface area contributed by atoms with Crippen molar-refractivity contribution in [2.45, 2.75) is 50.3 Å². The molecule has 0 N–H and O–H groups in total. The average Bonchev–Trinajstić information content (AvgIpc) is 3.31. The summed E-state index contributed by atoms with van der Waals surface area (Å²) in [6.07, 6.45) is 6.16. The van der Waals surface area contributed by atoms with Crippen LogP contribution in [0, 0.1) is 5.92 Å². The van der Waals surface area contributed by atoms with Gasteiger partial charge in [-0.25, -0.2) is 15.0 Å². The minimum atomic E-state index is 0.598. The Labute approximate surface area is 194 Å². The van der Waals surface area contributed by atoms with E-state index in [4.69, 9.17) is 28.2 Å². The standard InChI is InChI=1S/C23H21Cl2N3S2/c1-12(2)9-18-13-5-3-6-14(13)19-20-21(30-22(19)28-18)23(27-11-26-20)29-10-15-16(24)7-4-8-17(15)25/h4,7-8,11-12H,3,5-6,9-10H2,1-2H3. The predicted molar refractivity (Wildman–Crippen MR) is 129 cm³/mol. The number of benzene rings is 1. The summed E-state index contributed by atoms with van der Waals surface area (Å²) in [7, 11) is 0. The Morgan fingerprint density at radius 1 is 1.10 bits per heavy atom. The van der Waals surface area contributed by atoms with E-state index in [0.717, 1.165) is 44.9 Å². The fraction of sp³-hybridized carbons (Fsp3) is 0.348. The molecule has 0 bridgehead atoms. The zero-order valence-electron chi connectivity index (χ0n) is 16.8. The normalized spacial score (nSPS) is 13.6. The lowest BCUT2D eigenvalue weighted by Gasteiger charge is -2.11. The number of aryl methyl sites for hydroxylation is 1. The Morgan fingerprint density at radius 3 is 2.63 bits per heavy atom. The molecule has 0 unspecified atom stereocenters. The highest BCUT2D eigenvalue weighted by Crippen LogP contribution is 2.43. The van der Waals surface area contributed by atoms with Crippen LogP contribution in [-0.4, -0.2) is 15.0 Å². The Kier molecular flexibility index (Phi) is 5.65. The Morgan fingerprint density at radius 2 is 1.87 bits per heavy atom. The second kappa shape index (κ2) is 8.27. The molecule has 3 aromatic heterocycles. The zero-order valence-corrected chi connectivity index (χ0v) is 20.0. The van der Waals surface area contributed by atoms with Crippen molar-refractivity contribution in [3.63, 3.8) is 0 Å². The van der Waals surface area contributed by atoms with Crippen molar-refractivity contribution < 1.29 is 0 Å². The second-order valence-corrected chi connectivity index (χ2v) is 10.9. The van der Waals surface area contributed by atoms with Gasteiger partial charge in [0.25, 0.3) is 0 Å². The molecule has 0 atom stereocenters. The van der Waals surface area contributed by atoms with Crippen LogP contribution >= 0.6 is 46.3 Å². The monoisotopic (exact) mass is 473 g/mol. The lowest BCUT2D eigenvalue weighted by Crippen LogP contribution is -2.03. The first-order chi connectivity index (χ1) is 14.5. The molecule has 0 radical (unpaired) electrons. The number of nitrogens with zero attached hydrogens (tertiary/aromatic N) is 3. The summed E-state index contributed by atoms with van der Waals surface area (Å²) in [4.78, 5) is 15.5. The third-order valence-electron chi connectivity index (χ3n) is 5.54. The molecule has 0 fully saturated rings. The van der Waals surface area contributed by atoms with Crippen molar-refractivity contribution in [2.75, 3.05) is 0 Å². The van der Waals surface area contributed by atoms with Crippen molar-refractivity contribution in [1.82, 2.24) is 15.0 Å². The molecule has 4 aromatic rings. The Balaban J connectivity index is 1.61. The van der Waals surface area contributed by atoms with E-state index in [1.54, 1.807) is 29.4 Å². The van der Waals surface area contributed by atoms with E-state index in [1.807, 2.05) is 18.2 Å². The molecule has 30 heavy (non-hydrogen) atoms. The Hall–Kier alpha value is -1.40. The van der Waals surface area contributed by atoms with E-state index >= 15 is 0 Å². The largest absolute Gasteiger partial charge is 0.242 e. The maximum absolute atomic E-state index is 6.36. The van der Waals surface area contributed by atoms with Crippen LogP contribution in [0.25, 0.3) is 20.4 Å². The van der Waals surface area contributed by atoms with Gasteiger partial charge in [-0.2, -0.15) is 0 Å². The summed E-state index contributed by atoms with van der Waals surface area (Å²) in [5.41, 5.74) is 6.19. The van der Waals surface area contributed by atoms with Crippen molar-refractivity contribution in [1.29, 1.82) is 0 Å². The smallest absolute Gasteiger partial charge is 0.126 e. The lowest BCUT2D eigenvalue weighted by molar-refractivity contribution is 0.632. The first kappa shape index (κ1) is 20.5. The molecule has 3 nitrogen and oxygen atoms in total. The highest BCUT2D eigenvalue weighted by atomic mass is 35.5. The number of pyridine rings is 1. The number of halogens is 2. The summed E-state index contributed by atoms with van der Waals surface area (Å²) < 4.78 is 1.11. The minimum Gasteiger partial charge on any atom is -0.242 e. The molecular weight excluding hydrogens is 453 g/mol. The molecule has 1 aliphatic rings. The van der Waals surface area contributed by atoms with Crippen molar-refractivity contribution in [2.24, 2.45) is 5.92 Å². The van der Waals surface area contributed by atoms with E-state index in [0.29, 0.717) is 21.7 Å². The van der Waals surface area contributed by atoms with Crippen LogP contribution in [0.5, 0.6) is 0 Å². The molecule has 0 spiro atoms. The maximum atomic E-state index is 6.36. The van der Waals surface area contributed by atoms with Gasteiger partial charge in [0.1, 0.15) is 16.2 Å². The van der Waals surface area contributed by atoms with Gasteiger partial charge in [-0.1, -0.05) is 54.9 Å². The SMILES string of the molecule is CC(C)Cc1nc2sc3c(SCc4c(Cl)cccc4Cl)ncnc3c2c2c1CCC2. The van der Waals surface area contributed by atoms with Gasteiger partial charge in [0.05, 0.1) is 10.2 Å². The molecule has 5 rings (SSSR count). The molecule has 1 aromatic carbocycles. The van der Waals surface area contributed by atoms with Crippen molar-refractivity contribution in [3.8, 4) is 0 Å². The molecule has 1 aliphatic carbocycles. The number of hydrogen-bond donors (Lipinski definition) is 0. The van der Waals surface area contributed by atoms with Crippen LogP contribution in [0.2, 0.25) is 10.0 Å². The van der Waals surface area contributed by atoms with Gasteiger partial charge in [0.15, 0.2) is 0 Å². The van der Waals surface area contributed by atoms with Crippen molar-refractivity contribution in [3.05, 3.63) is 57.0 Å². The van der Waals surface area contributed by atoms with E-state index in [9.17, 15) is 0 Å². The topological polar surface area (TPSA) is 38.7 Å². The van der Waals surface area contributed by atoms with Crippen molar-refractivity contribution >= 4 is 66.7 Å². The molecule has 0 saturated heterocycles. The summed E-state index contributed by atoms with van der Waals surface area (Å²) in [6, 6.07) is 5.62. The second-order valence-electron chi connectivity index (χ2n) is 8.09. The maximum Gasteiger partial charge on any atom is 0.126 e. The highest BCUT2D eigenvalue weighted by Gasteiger charge is 2.24. The minimum absolute atomic E-state index is 0.598. The first-order valence-electron chi connectivity index (χ1n) is 10.2. The molecule has 7 heteroatoms. The van der Waals surface area contributed by atoms with Gasteiger partial charge >= 0.3 is 0 Å². The van der Waals surface area contributed by atoms with E-state index < -0.39 is 0 Å². The van der Waals surface area contributed by atoms with Crippen LogP contribution in [0.1, 0.15) is 42.7 Å². The third-order valence-corrected chi connectivity index (χ3v) is 8.47. The van der Waals surface area contributed by atoms with E-state index in [2.05, 4.69) is 23.8 Å². The number of thiophene rings is 1. The van der Waals surface area contributed by atoms with Crippen LogP contribution in [-0.2, 0) is 25.0 Å². The van der Waals surface area contributed by atoms with Crippen LogP contribution in [0.4, 0.5) is 0 Å². The third kappa shape index (κ3) is 3.60. The van der Waals surface area contributed by atoms with Crippen LogP contribution < -0.4 is 0 Å². The number of rotatable bonds is 5. The molecular formula is C23H21Cl2N3S2. The molecule has 3 heterocycles. The predicted octanol–water partition coefficient (Wildman–Crippen LogP) is 7.53. The quantitative estimate of drug-likeness (QED) is 0.221. The zero-order chi connectivity index (χ0) is 20.8. The number of thioether (sulfide) groups is 1. The molecule has 0 amide bonds. The van der Waals surface area contributed by atoms with Gasteiger partial charge in [0, 0.05) is 26.9 Å². The number of hydrogen-bond acceptors (Lipinski definition) is 5. The fourth-order valence-electron chi connectivity index (χ4n) is 4.22. The van der Waals surface area contributed by atoms with E-state index in [-0.39, 0.29) is 0 Å². The summed E-state index contributed by atoms with van der Waals surface area (Å²) in [6.45, 7) is 4.52. The van der Waals surface area contributed by atoms with Gasteiger partial charge in [-0.05, 0) is 60.4 Å². The number of aromatic nitrogens is 3. The molecule has 0 aliphatic heterocycles. The van der Waals surface area contributed by atoms with Crippen LogP contribution in [0.15, 0.2) is 29.6 Å². The first-order valence-corrected chi connectivity index (χ1v) is 12.7. The van der Waals surface area contributed by atoms with Gasteiger partial charge in [0.2, 0.25) is 0 Å². The van der Waals surface area contributed by atoms with Gasteiger partial charge in [-0.3, -0.25) is 0 Å². The fourth-order valence-corrected chi connectivity index (χ4v) is 7.22. The van der Waals surface area contributed by atoms with Gasteiger partial charge < -0.3 is 0 Å². The average molecular weight is 474 g/mol. The highest BCUT2D eigenvalue weighted by molar-refractivity contribution is 7.98. The van der Waals surface area contributed by atoms with E-state index in [1.165, 1.54) is 28.6 Å².